The zero-order valence-corrected chi connectivity index (χ0v) is 14.1. The molecule has 0 saturated carbocycles. The Morgan fingerprint density at radius 2 is 1.77 bits per heavy atom. The lowest BCUT2D eigenvalue weighted by Gasteiger charge is -2.25. The summed E-state index contributed by atoms with van der Waals surface area (Å²) in [5.41, 5.74) is -0.0886. The summed E-state index contributed by atoms with van der Waals surface area (Å²) in [6.45, 7) is 5.23. The summed E-state index contributed by atoms with van der Waals surface area (Å²) < 4.78 is 5.19. The van der Waals surface area contributed by atoms with Gasteiger partial charge in [-0.15, -0.1) is 0 Å². The van der Waals surface area contributed by atoms with Gasteiger partial charge >= 0.3 is 6.09 Å². The van der Waals surface area contributed by atoms with E-state index < -0.39 is 23.6 Å². The molecule has 22 heavy (non-hydrogen) atoms. The van der Waals surface area contributed by atoms with Gasteiger partial charge in [-0.25, -0.2) is 9.86 Å². The summed E-state index contributed by atoms with van der Waals surface area (Å²) in [6, 6.07) is 5.66. The lowest BCUT2D eigenvalue weighted by Crippen LogP contribution is -2.42. The molecule has 1 N–H and O–H groups in total. The van der Waals surface area contributed by atoms with E-state index in [0.29, 0.717) is 10.6 Å². The minimum atomic E-state index is -0.933. The van der Waals surface area contributed by atoms with Crippen molar-refractivity contribution < 1.29 is 19.2 Å². The van der Waals surface area contributed by atoms with Crippen molar-refractivity contribution in [1.29, 1.82) is 0 Å². The van der Waals surface area contributed by atoms with Crippen LogP contribution in [0, 0.1) is 0 Å². The van der Waals surface area contributed by atoms with Crippen molar-refractivity contribution >= 4 is 23.6 Å². The number of carbonyl (C=O) groups is 2. The molecule has 0 saturated heterocycles. The van der Waals surface area contributed by atoms with Gasteiger partial charge in [0.25, 0.3) is 5.91 Å². The molecule has 6 nitrogen and oxygen atoms in total. The summed E-state index contributed by atoms with van der Waals surface area (Å²) in [5, 5.41) is 4.12. The molecule has 0 spiro atoms. The predicted octanol–water partition coefficient (Wildman–Crippen LogP) is 2.93. The van der Waals surface area contributed by atoms with Crippen LogP contribution in [0.5, 0.6) is 0 Å². The van der Waals surface area contributed by atoms with E-state index in [4.69, 9.17) is 21.2 Å². The van der Waals surface area contributed by atoms with Gasteiger partial charge in [-0.05, 0) is 38.5 Å². The van der Waals surface area contributed by atoms with Crippen LogP contribution >= 0.6 is 11.6 Å². The Morgan fingerprint density at radius 3 is 2.23 bits per heavy atom. The number of hydrogen-bond donors (Lipinski definition) is 1. The van der Waals surface area contributed by atoms with Crippen LogP contribution in [0.25, 0.3) is 0 Å². The number of halogens is 1. The SMILES string of the molecule is CON(C)C(=O)[C@@H](NC(=O)OC(C)(C)C)c1ccc(Cl)cc1. The monoisotopic (exact) mass is 328 g/mol. The molecule has 1 aromatic rings. The fourth-order valence-corrected chi connectivity index (χ4v) is 1.77. The Bertz CT molecular complexity index is 525. The quantitative estimate of drug-likeness (QED) is 0.863. The van der Waals surface area contributed by atoms with Crippen molar-refractivity contribution in [2.75, 3.05) is 14.2 Å². The number of nitrogens with zero attached hydrogens (tertiary/aromatic N) is 1. The molecule has 1 atom stereocenters. The average molecular weight is 329 g/mol. The molecular formula is C15H21ClN2O4. The third kappa shape index (κ3) is 5.54. The predicted molar refractivity (Wildman–Crippen MR) is 83.3 cm³/mol. The first kappa shape index (κ1) is 18.3. The molecule has 0 radical (unpaired) electrons. The van der Waals surface area contributed by atoms with Crippen molar-refractivity contribution in [3.05, 3.63) is 34.9 Å². The van der Waals surface area contributed by atoms with Crippen LogP contribution in [0.1, 0.15) is 32.4 Å². The van der Waals surface area contributed by atoms with Crippen LogP contribution in [0.4, 0.5) is 4.79 Å². The third-order valence-corrected chi connectivity index (χ3v) is 2.95. The van der Waals surface area contributed by atoms with Gasteiger partial charge < -0.3 is 10.1 Å². The van der Waals surface area contributed by atoms with E-state index in [1.165, 1.54) is 14.2 Å². The molecule has 0 bridgehead atoms. The number of ether oxygens (including phenoxy) is 1. The van der Waals surface area contributed by atoms with E-state index in [-0.39, 0.29) is 0 Å². The summed E-state index contributed by atoms with van der Waals surface area (Å²) in [5.74, 6) is -0.435. The Labute approximate surface area is 135 Å². The summed E-state index contributed by atoms with van der Waals surface area (Å²) in [6.07, 6.45) is -0.690. The second kappa shape index (κ2) is 7.47. The fourth-order valence-electron chi connectivity index (χ4n) is 1.64. The number of benzene rings is 1. The molecule has 0 aliphatic heterocycles. The minimum absolute atomic E-state index is 0.435. The van der Waals surface area contributed by atoms with Gasteiger partial charge in [0.1, 0.15) is 11.6 Å². The van der Waals surface area contributed by atoms with Gasteiger partial charge in [0.15, 0.2) is 0 Å². The number of nitrogens with one attached hydrogen (secondary N) is 1. The van der Waals surface area contributed by atoms with Gasteiger partial charge in [-0.2, -0.15) is 0 Å². The summed E-state index contributed by atoms with van der Waals surface area (Å²) >= 11 is 5.85. The zero-order chi connectivity index (χ0) is 16.9. The molecule has 0 aromatic heterocycles. The van der Waals surface area contributed by atoms with E-state index in [1.54, 1.807) is 45.0 Å². The Kier molecular flexibility index (Phi) is 6.20. The van der Waals surface area contributed by atoms with Crippen molar-refractivity contribution in [3.8, 4) is 0 Å². The first-order valence-electron chi connectivity index (χ1n) is 6.70. The molecule has 0 fully saturated rings. The lowest BCUT2D eigenvalue weighted by molar-refractivity contribution is -0.171. The highest BCUT2D eigenvalue weighted by Crippen LogP contribution is 2.19. The van der Waals surface area contributed by atoms with Gasteiger partial charge in [0.05, 0.1) is 7.11 Å². The fraction of sp³-hybridized carbons (Fsp3) is 0.467. The van der Waals surface area contributed by atoms with Crippen LogP contribution in [-0.2, 0) is 14.4 Å². The molecule has 2 amide bonds. The number of alkyl carbamates (subject to hydrolysis) is 1. The van der Waals surface area contributed by atoms with Crippen LogP contribution in [-0.4, -0.2) is 36.8 Å². The molecular weight excluding hydrogens is 308 g/mol. The average Bonchev–Trinajstić information content (AvgIpc) is 2.42. The molecule has 1 rings (SSSR count). The van der Waals surface area contributed by atoms with Crippen molar-refractivity contribution in [2.24, 2.45) is 0 Å². The van der Waals surface area contributed by atoms with Crippen molar-refractivity contribution in [1.82, 2.24) is 10.4 Å². The number of carbonyl (C=O) groups excluding carboxylic acids is 2. The molecule has 0 heterocycles. The zero-order valence-electron chi connectivity index (χ0n) is 13.3. The normalized spacial score (nSPS) is 12.5. The van der Waals surface area contributed by atoms with Crippen molar-refractivity contribution in [3.63, 3.8) is 0 Å². The topological polar surface area (TPSA) is 67.9 Å². The van der Waals surface area contributed by atoms with E-state index in [9.17, 15) is 9.59 Å². The Balaban J connectivity index is 2.99. The first-order chi connectivity index (χ1) is 10.1. The highest BCUT2D eigenvalue weighted by Gasteiger charge is 2.28. The molecule has 0 unspecified atom stereocenters. The van der Waals surface area contributed by atoms with Crippen LogP contribution in [0.3, 0.4) is 0 Å². The number of amides is 2. The smallest absolute Gasteiger partial charge is 0.408 e. The highest BCUT2D eigenvalue weighted by molar-refractivity contribution is 6.30. The van der Waals surface area contributed by atoms with E-state index >= 15 is 0 Å². The van der Waals surface area contributed by atoms with E-state index in [0.717, 1.165) is 5.06 Å². The van der Waals surface area contributed by atoms with Gasteiger partial charge in [-0.1, -0.05) is 23.7 Å². The van der Waals surface area contributed by atoms with E-state index in [2.05, 4.69) is 5.32 Å². The second-order valence-corrected chi connectivity index (χ2v) is 6.09. The second-order valence-electron chi connectivity index (χ2n) is 5.65. The maximum atomic E-state index is 12.4. The van der Waals surface area contributed by atoms with Crippen LogP contribution in [0.2, 0.25) is 5.02 Å². The maximum absolute atomic E-state index is 12.4. The summed E-state index contributed by atoms with van der Waals surface area (Å²) in [7, 11) is 2.83. The van der Waals surface area contributed by atoms with Gasteiger partial charge in [0, 0.05) is 12.1 Å². The summed E-state index contributed by atoms with van der Waals surface area (Å²) in [4.78, 5) is 29.2. The Hall–Kier alpha value is -1.79. The number of rotatable bonds is 4. The highest BCUT2D eigenvalue weighted by atomic mass is 35.5. The molecule has 0 aliphatic carbocycles. The largest absolute Gasteiger partial charge is 0.444 e. The molecule has 7 heteroatoms. The third-order valence-electron chi connectivity index (χ3n) is 2.70. The van der Waals surface area contributed by atoms with Crippen LogP contribution < -0.4 is 5.32 Å². The van der Waals surface area contributed by atoms with Crippen LogP contribution in [0.15, 0.2) is 24.3 Å². The standard InChI is InChI=1S/C15H21ClN2O4/c1-15(2,3)22-14(20)17-12(13(19)18(4)21-5)10-6-8-11(16)9-7-10/h6-9,12H,1-5H3,(H,17,20)/t12-/m0/s1. The minimum Gasteiger partial charge on any atom is -0.444 e. The number of likely N-dealkylation sites (N-methyl/N-ethyl adjacent to an activating group) is 1. The lowest BCUT2D eigenvalue weighted by atomic mass is 10.1. The van der Waals surface area contributed by atoms with Gasteiger partial charge in [0.2, 0.25) is 0 Å². The molecule has 122 valence electrons. The Morgan fingerprint density at radius 1 is 1.23 bits per heavy atom. The van der Waals surface area contributed by atoms with Crippen molar-refractivity contribution in [2.45, 2.75) is 32.4 Å². The molecule has 1 aromatic carbocycles. The number of hydroxylamine groups is 2. The van der Waals surface area contributed by atoms with Gasteiger partial charge in [-0.3, -0.25) is 9.63 Å². The molecule has 0 aliphatic rings. The maximum Gasteiger partial charge on any atom is 0.408 e. The first-order valence-corrected chi connectivity index (χ1v) is 7.08. The van der Waals surface area contributed by atoms with E-state index in [1.807, 2.05) is 0 Å². The number of hydrogen-bond acceptors (Lipinski definition) is 4.